The second-order valence-electron chi connectivity index (χ2n) is 4.40. The fraction of sp³-hybridized carbons (Fsp3) is 0.0667. The minimum absolute atomic E-state index is 0.152. The molecule has 0 atom stereocenters. The second kappa shape index (κ2) is 4.77. The molecule has 0 fully saturated rings. The summed E-state index contributed by atoms with van der Waals surface area (Å²) < 4.78 is 14.9. The van der Waals surface area contributed by atoms with Crippen molar-refractivity contribution in [1.82, 2.24) is 14.9 Å². The van der Waals surface area contributed by atoms with Crippen molar-refractivity contribution in [2.75, 3.05) is 7.05 Å². The summed E-state index contributed by atoms with van der Waals surface area (Å²) in [6, 6.07) is 11.5. The van der Waals surface area contributed by atoms with E-state index in [-0.39, 0.29) is 11.7 Å². The van der Waals surface area contributed by atoms with Crippen molar-refractivity contribution in [3.8, 4) is 11.3 Å². The smallest absolute Gasteiger partial charge is 0.251 e. The summed E-state index contributed by atoms with van der Waals surface area (Å²) in [5.41, 5.74) is 2.71. The Labute approximate surface area is 114 Å². The number of hydrogen-bond acceptors (Lipinski definition) is 2. The van der Waals surface area contributed by atoms with Gasteiger partial charge in [0.25, 0.3) is 5.91 Å². The van der Waals surface area contributed by atoms with Crippen LogP contribution in [0.5, 0.6) is 0 Å². The van der Waals surface area contributed by atoms with Gasteiger partial charge in [-0.15, -0.1) is 0 Å². The summed E-state index contributed by atoms with van der Waals surface area (Å²) in [7, 11) is 1.58. The van der Waals surface area contributed by atoms with Crippen LogP contribution in [0.4, 0.5) is 4.39 Å². The summed E-state index contributed by atoms with van der Waals surface area (Å²) in [4.78, 5) is 11.6. The molecule has 5 heteroatoms. The second-order valence-corrected chi connectivity index (χ2v) is 4.40. The number of carbonyl (C=O) groups is 1. The molecule has 0 aliphatic rings. The maximum atomic E-state index is 13.2. The van der Waals surface area contributed by atoms with E-state index in [1.54, 1.807) is 42.0 Å². The van der Waals surface area contributed by atoms with E-state index in [1.807, 2.05) is 6.07 Å². The number of fused-ring (bicyclic) bond motifs is 1. The molecular formula is C15H12FN3O. The van der Waals surface area contributed by atoms with Crippen LogP contribution in [0, 0.1) is 5.82 Å². The van der Waals surface area contributed by atoms with Crippen LogP contribution >= 0.6 is 0 Å². The fourth-order valence-electron chi connectivity index (χ4n) is 2.07. The lowest BCUT2D eigenvalue weighted by Crippen LogP contribution is -2.17. The van der Waals surface area contributed by atoms with Gasteiger partial charge in [-0.2, -0.15) is 5.10 Å². The van der Waals surface area contributed by atoms with Gasteiger partial charge in [-0.3, -0.25) is 4.79 Å². The molecule has 3 rings (SSSR count). The largest absolute Gasteiger partial charge is 0.355 e. The molecule has 0 radical (unpaired) electrons. The Morgan fingerprint density at radius 1 is 1.25 bits per heavy atom. The van der Waals surface area contributed by atoms with Gasteiger partial charge in [-0.05, 0) is 30.3 Å². The van der Waals surface area contributed by atoms with E-state index in [2.05, 4.69) is 10.4 Å². The van der Waals surface area contributed by atoms with E-state index in [0.717, 1.165) is 5.52 Å². The normalized spacial score (nSPS) is 10.7. The van der Waals surface area contributed by atoms with E-state index in [9.17, 15) is 9.18 Å². The zero-order valence-electron chi connectivity index (χ0n) is 10.8. The lowest BCUT2D eigenvalue weighted by molar-refractivity contribution is 0.0963. The van der Waals surface area contributed by atoms with E-state index in [0.29, 0.717) is 16.8 Å². The molecule has 2 aromatic heterocycles. The molecule has 0 aliphatic carbocycles. The SMILES string of the molecule is CNC(=O)c1ccn2nc(-c3cccc(F)c3)cc2c1. The molecule has 0 spiro atoms. The quantitative estimate of drug-likeness (QED) is 0.777. The zero-order chi connectivity index (χ0) is 14.1. The highest BCUT2D eigenvalue weighted by atomic mass is 19.1. The van der Waals surface area contributed by atoms with Crippen molar-refractivity contribution in [2.45, 2.75) is 0 Å². The Bertz CT molecular complexity index is 795. The van der Waals surface area contributed by atoms with Gasteiger partial charge in [0.1, 0.15) is 5.82 Å². The molecule has 100 valence electrons. The van der Waals surface area contributed by atoms with Gasteiger partial charge >= 0.3 is 0 Å². The molecule has 2 heterocycles. The number of benzene rings is 1. The van der Waals surface area contributed by atoms with Crippen LogP contribution in [0.25, 0.3) is 16.8 Å². The maximum absolute atomic E-state index is 13.2. The Morgan fingerprint density at radius 3 is 2.85 bits per heavy atom. The first-order valence-electron chi connectivity index (χ1n) is 6.15. The maximum Gasteiger partial charge on any atom is 0.251 e. The summed E-state index contributed by atoms with van der Waals surface area (Å²) in [6.45, 7) is 0. The monoisotopic (exact) mass is 269 g/mol. The van der Waals surface area contributed by atoms with Gasteiger partial charge in [0.05, 0.1) is 11.2 Å². The molecule has 0 saturated carbocycles. The average molecular weight is 269 g/mol. The van der Waals surface area contributed by atoms with E-state index in [4.69, 9.17) is 0 Å². The third-order valence-electron chi connectivity index (χ3n) is 3.07. The highest BCUT2D eigenvalue weighted by Crippen LogP contribution is 2.21. The standard InChI is InChI=1S/C15H12FN3O/c1-17-15(20)11-5-6-19-13(8-11)9-14(18-19)10-3-2-4-12(16)7-10/h2-9H,1H3,(H,17,20). The van der Waals surface area contributed by atoms with Crippen molar-refractivity contribution in [3.63, 3.8) is 0 Å². The van der Waals surface area contributed by atoms with Gasteiger partial charge in [-0.1, -0.05) is 12.1 Å². The molecule has 1 amide bonds. The molecule has 4 nitrogen and oxygen atoms in total. The number of halogens is 1. The van der Waals surface area contributed by atoms with Crippen molar-refractivity contribution in [3.05, 3.63) is 60.0 Å². The first-order valence-corrected chi connectivity index (χ1v) is 6.15. The van der Waals surface area contributed by atoms with Crippen LogP contribution in [-0.2, 0) is 0 Å². The van der Waals surface area contributed by atoms with E-state index >= 15 is 0 Å². The Morgan fingerprint density at radius 2 is 2.10 bits per heavy atom. The first-order chi connectivity index (χ1) is 9.67. The summed E-state index contributed by atoms with van der Waals surface area (Å²) >= 11 is 0. The van der Waals surface area contributed by atoms with Crippen LogP contribution in [0.1, 0.15) is 10.4 Å². The summed E-state index contributed by atoms with van der Waals surface area (Å²) in [5.74, 6) is -0.452. The number of hydrogen-bond donors (Lipinski definition) is 1. The zero-order valence-corrected chi connectivity index (χ0v) is 10.8. The number of amides is 1. The van der Waals surface area contributed by atoms with Crippen molar-refractivity contribution in [2.24, 2.45) is 0 Å². The molecule has 20 heavy (non-hydrogen) atoms. The Balaban J connectivity index is 2.09. The molecular weight excluding hydrogens is 257 g/mol. The fourth-order valence-corrected chi connectivity index (χ4v) is 2.07. The third-order valence-corrected chi connectivity index (χ3v) is 3.07. The Hall–Kier alpha value is -2.69. The molecule has 0 bridgehead atoms. The number of carbonyl (C=O) groups excluding carboxylic acids is 1. The number of nitrogens with zero attached hydrogens (tertiary/aromatic N) is 2. The van der Waals surface area contributed by atoms with Gasteiger partial charge in [0.15, 0.2) is 0 Å². The van der Waals surface area contributed by atoms with Gasteiger partial charge < -0.3 is 5.32 Å². The van der Waals surface area contributed by atoms with Crippen LogP contribution < -0.4 is 5.32 Å². The topological polar surface area (TPSA) is 46.4 Å². The van der Waals surface area contributed by atoms with Crippen LogP contribution in [-0.4, -0.2) is 22.6 Å². The van der Waals surface area contributed by atoms with Gasteiger partial charge in [-0.25, -0.2) is 8.91 Å². The minimum Gasteiger partial charge on any atom is -0.355 e. The molecule has 0 aliphatic heterocycles. The molecule has 1 N–H and O–H groups in total. The third kappa shape index (κ3) is 2.14. The highest BCUT2D eigenvalue weighted by Gasteiger charge is 2.08. The highest BCUT2D eigenvalue weighted by molar-refractivity contribution is 5.95. The number of rotatable bonds is 2. The average Bonchev–Trinajstić information content (AvgIpc) is 2.89. The van der Waals surface area contributed by atoms with E-state index in [1.165, 1.54) is 12.1 Å². The molecule has 0 unspecified atom stereocenters. The molecule has 3 aromatic rings. The lowest BCUT2D eigenvalue weighted by Gasteiger charge is -1.99. The van der Waals surface area contributed by atoms with Crippen molar-refractivity contribution < 1.29 is 9.18 Å². The summed E-state index contributed by atoms with van der Waals surface area (Å²) in [5, 5.41) is 6.94. The van der Waals surface area contributed by atoms with Crippen LogP contribution in [0.15, 0.2) is 48.7 Å². The number of aromatic nitrogens is 2. The predicted octanol–water partition coefficient (Wildman–Crippen LogP) is 2.50. The molecule has 0 saturated heterocycles. The van der Waals surface area contributed by atoms with Gasteiger partial charge in [0, 0.05) is 24.4 Å². The summed E-state index contributed by atoms with van der Waals surface area (Å²) in [6.07, 6.45) is 1.71. The molecule has 1 aromatic carbocycles. The first kappa shape index (κ1) is 12.3. The van der Waals surface area contributed by atoms with Gasteiger partial charge in [0.2, 0.25) is 0 Å². The lowest BCUT2D eigenvalue weighted by atomic mass is 10.1. The Kier molecular flexibility index (Phi) is 2.95. The van der Waals surface area contributed by atoms with Crippen LogP contribution in [0.2, 0.25) is 0 Å². The number of pyridine rings is 1. The number of nitrogens with one attached hydrogen (secondary N) is 1. The van der Waals surface area contributed by atoms with Crippen molar-refractivity contribution in [1.29, 1.82) is 0 Å². The predicted molar refractivity (Wildman–Crippen MR) is 74.0 cm³/mol. The van der Waals surface area contributed by atoms with Crippen molar-refractivity contribution >= 4 is 11.4 Å². The van der Waals surface area contributed by atoms with E-state index < -0.39 is 0 Å². The van der Waals surface area contributed by atoms with Crippen LogP contribution in [0.3, 0.4) is 0 Å². The minimum atomic E-state index is -0.300.